The fourth-order valence-corrected chi connectivity index (χ4v) is 5.05. The van der Waals surface area contributed by atoms with Crippen LogP contribution >= 0.6 is 11.6 Å². The number of anilines is 1. The van der Waals surface area contributed by atoms with Gasteiger partial charge in [-0.05, 0) is 44.1 Å². The smallest absolute Gasteiger partial charge is 0.323 e. The highest BCUT2D eigenvalue weighted by molar-refractivity contribution is 6.33. The van der Waals surface area contributed by atoms with Gasteiger partial charge in [0.25, 0.3) is 0 Å². The summed E-state index contributed by atoms with van der Waals surface area (Å²) in [6.07, 6.45) is 3.16. The lowest BCUT2D eigenvalue weighted by molar-refractivity contribution is -0.130. The number of halogens is 3. The molecule has 0 spiro atoms. The maximum absolute atomic E-state index is 15.3. The largest absolute Gasteiger partial charge is 0.326 e. The zero-order chi connectivity index (χ0) is 26.7. The number of ketones is 1. The van der Waals surface area contributed by atoms with Crippen molar-refractivity contribution in [1.29, 1.82) is 0 Å². The summed E-state index contributed by atoms with van der Waals surface area (Å²) in [5.74, 6) is -3.78. The van der Waals surface area contributed by atoms with Gasteiger partial charge in [0.2, 0.25) is 5.91 Å². The predicted molar refractivity (Wildman–Crippen MR) is 141 cm³/mol. The molecule has 192 valence electrons. The summed E-state index contributed by atoms with van der Waals surface area (Å²) in [5.41, 5.74) is 0.974. The van der Waals surface area contributed by atoms with Crippen molar-refractivity contribution in [3.8, 4) is 11.1 Å². The summed E-state index contributed by atoms with van der Waals surface area (Å²) < 4.78 is 31.0. The first-order chi connectivity index (χ1) is 17.7. The van der Waals surface area contributed by atoms with E-state index in [-0.39, 0.29) is 30.6 Å². The molecule has 2 N–H and O–H groups in total. The van der Waals surface area contributed by atoms with Crippen molar-refractivity contribution in [2.45, 2.75) is 32.5 Å². The van der Waals surface area contributed by atoms with Gasteiger partial charge in [-0.3, -0.25) is 14.2 Å². The highest BCUT2D eigenvalue weighted by Gasteiger charge is 2.43. The van der Waals surface area contributed by atoms with E-state index in [1.165, 1.54) is 16.7 Å². The number of carbonyl (C=O) groups excluding carboxylic acids is 2. The third-order valence-corrected chi connectivity index (χ3v) is 6.90. The van der Waals surface area contributed by atoms with E-state index in [9.17, 15) is 18.8 Å². The molecular formula is C28H26ClF2N3O3. The van der Waals surface area contributed by atoms with Crippen LogP contribution in [0.1, 0.15) is 31.2 Å². The van der Waals surface area contributed by atoms with Crippen LogP contribution in [-0.2, 0) is 16.1 Å². The number of Topliss-reactive ketones (excluding diaryl/α,β-unsaturated/α-hetero) is 1. The topological polar surface area (TPSA) is 84.0 Å². The highest BCUT2D eigenvalue weighted by Crippen LogP contribution is 2.37. The van der Waals surface area contributed by atoms with E-state index in [0.29, 0.717) is 22.0 Å². The van der Waals surface area contributed by atoms with Crippen LogP contribution in [0.4, 0.5) is 14.5 Å². The van der Waals surface area contributed by atoms with Gasteiger partial charge in [-0.15, -0.1) is 0 Å². The van der Waals surface area contributed by atoms with E-state index < -0.39 is 41.2 Å². The molecule has 1 amide bonds. The number of hydrogen-bond acceptors (Lipinski definition) is 3. The minimum Gasteiger partial charge on any atom is -0.323 e. The summed E-state index contributed by atoms with van der Waals surface area (Å²) in [7, 11) is 0. The van der Waals surface area contributed by atoms with Gasteiger partial charge in [0.1, 0.15) is 6.17 Å². The van der Waals surface area contributed by atoms with E-state index in [4.69, 9.17) is 11.6 Å². The normalized spacial score (nSPS) is 19.3. The van der Waals surface area contributed by atoms with Crippen LogP contribution in [0.2, 0.25) is 5.02 Å². The van der Waals surface area contributed by atoms with Crippen LogP contribution in [0.15, 0.2) is 59.9 Å². The molecule has 3 aromatic rings. The van der Waals surface area contributed by atoms with Gasteiger partial charge in [0, 0.05) is 22.1 Å². The molecule has 37 heavy (non-hydrogen) atoms. The third kappa shape index (κ3) is 5.34. The van der Waals surface area contributed by atoms with Crippen molar-refractivity contribution in [2.75, 3.05) is 5.32 Å². The Morgan fingerprint density at radius 3 is 2.57 bits per heavy atom. The van der Waals surface area contributed by atoms with Crippen molar-refractivity contribution < 1.29 is 18.4 Å². The van der Waals surface area contributed by atoms with Gasteiger partial charge in [-0.25, -0.2) is 13.6 Å². The van der Waals surface area contributed by atoms with E-state index in [1.54, 1.807) is 55.5 Å². The SMILES string of the molecule is C=Cc1c(/C=C\C)[nH]c(=O)n1CC(=O)C1C[C@H](F)C[C@H]1C(=O)Nc1cccc(-c2ccccc2Cl)c1F. The van der Waals surface area contributed by atoms with Crippen molar-refractivity contribution in [3.63, 3.8) is 0 Å². The van der Waals surface area contributed by atoms with E-state index in [0.717, 1.165) is 0 Å². The van der Waals surface area contributed by atoms with Gasteiger partial charge in [0.15, 0.2) is 11.6 Å². The van der Waals surface area contributed by atoms with E-state index in [2.05, 4.69) is 16.9 Å². The molecule has 0 bridgehead atoms. The fraction of sp³-hybridized carbons (Fsp3) is 0.250. The van der Waals surface area contributed by atoms with Crippen LogP contribution in [-0.4, -0.2) is 27.4 Å². The Hall–Kier alpha value is -3.78. The number of benzene rings is 2. The lowest BCUT2D eigenvalue weighted by Gasteiger charge is -2.19. The Kier molecular flexibility index (Phi) is 7.88. The van der Waals surface area contributed by atoms with Gasteiger partial charge >= 0.3 is 5.69 Å². The average Bonchev–Trinajstić information content (AvgIpc) is 3.40. The Labute approximate surface area is 217 Å². The molecule has 1 heterocycles. The maximum atomic E-state index is 15.3. The van der Waals surface area contributed by atoms with Crippen LogP contribution in [0, 0.1) is 17.7 Å². The fourth-order valence-electron chi connectivity index (χ4n) is 4.81. The molecule has 3 atom stereocenters. The van der Waals surface area contributed by atoms with Crippen molar-refractivity contribution >= 4 is 41.1 Å². The van der Waals surface area contributed by atoms with Gasteiger partial charge < -0.3 is 10.3 Å². The number of nitrogens with zero attached hydrogens (tertiary/aromatic N) is 1. The van der Waals surface area contributed by atoms with E-state index in [1.807, 2.05) is 0 Å². The first-order valence-electron chi connectivity index (χ1n) is 11.8. The minimum atomic E-state index is -1.37. The van der Waals surface area contributed by atoms with Crippen molar-refractivity contribution in [2.24, 2.45) is 11.8 Å². The predicted octanol–water partition coefficient (Wildman–Crippen LogP) is 5.88. The second-order valence-corrected chi connectivity index (χ2v) is 9.31. The number of imidazole rings is 1. The molecule has 1 aliphatic carbocycles. The number of rotatable bonds is 8. The molecule has 1 saturated carbocycles. The van der Waals surface area contributed by atoms with Gasteiger partial charge in [-0.2, -0.15) is 0 Å². The standard InChI is InChI=1S/C28H26ClF2N3O3/c1-3-8-22-24(4-2)34(28(37)33-22)15-25(35)19-13-16(30)14-20(19)27(36)32-23-12-7-10-18(26(23)31)17-9-5-6-11-21(17)29/h3-12,16,19-20H,2,13-15H2,1H3,(H,32,36)(H,33,37)/b8-3-/t16-,19?,20+/m0/s1. The van der Waals surface area contributed by atoms with E-state index >= 15 is 4.39 Å². The maximum Gasteiger partial charge on any atom is 0.326 e. The Bertz CT molecular complexity index is 1440. The Morgan fingerprint density at radius 2 is 1.86 bits per heavy atom. The summed E-state index contributed by atoms with van der Waals surface area (Å²) in [5, 5.41) is 2.88. The molecule has 6 nitrogen and oxygen atoms in total. The number of nitrogens with one attached hydrogen (secondary N) is 2. The number of alkyl halides is 1. The first kappa shape index (κ1) is 26.3. The molecule has 1 fully saturated rings. The number of hydrogen-bond donors (Lipinski definition) is 2. The van der Waals surface area contributed by atoms with Crippen LogP contribution < -0.4 is 11.0 Å². The third-order valence-electron chi connectivity index (χ3n) is 6.57. The molecule has 2 aromatic carbocycles. The quantitative estimate of drug-likeness (QED) is 0.385. The summed E-state index contributed by atoms with van der Waals surface area (Å²) in [4.78, 5) is 41.5. The molecule has 4 rings (SSSR count). The molecule has 0 aliphatic heterocycles. The second-order valence-electron chi connectivity index (χ2n) is 8.90. The monoisotopic (exact) mass is 525 g/mol. The van der Waals surface area contributed by atoms with Crippen molar-refractivity contribution in [3.05, 3.63) is 87.8 Å². The molecule has 0 saturated heterocycles. The lowest BCUT2D eigenvalue weighted by Crippen LogP contribution is -2.34. The molecule has 9 heteroatoms. The molecule has 1 aliphatic rings. The summed E-state index contributed by atoms with van der Waals surface area (Å²) in [6, 6.07) is 11.2. The summed E-state index contributed by atoms with van der Waals surface area (Å²) >= 11 is 6.21. The number of H-pyrrole nitrogens is 1. The molecule has 0 radical (unpaired) electrons. The number of carbonyl (C=O) groups is 2. The van der Waals surface area contributed by atoms with Crippen LogP contribution in [0.25, 0.3) is 23.3 Å². The molecule has 1 aromatic heterocycles. The molecule has 1 unspecified atom stereocenters. The lowest BCUT2D eigenvalue weighted by atomic mass is 9.90. The van der Waals surface area contributed by atoms with Crippen LogP contribution in [0.3, 0.4) is 0 Å². The zero-order valence-corrected chi connectivity index (χ0v) is 20.9. The average molecular weight is 526 g/mol. The van der Waals surface area contributed by atoms with Crippen LogP contribution in [0.5, 0.6) is 0 Å². The Morgan fingerprint density at radius 1 is 1.16 bits per heavy atom. The first-order valence-corrected chi connectivity index (χ1v) is 12.2. The second kappa shape index (κ2) is 11.1. The highest BCUT2D eigenvalue weighted by atomic mass is 35.5. The molecular weight excluding hydrogens is 500 g/mol. The Balaban J connectivity index is 1.56. The summed E-state index contributed by atoms with van der Waals surface area (Å²) in [6.45, 7) is 5.14. The number of allylic oxidation sites excluding steroid dienone is 1. The number of aromatic nitrogens is 2. The van der Waals surface area contributed by atoms with Gasteiger partial charge in [-0.1, -0.05) is 54.6 Å². The van der Waals surface area contributed by atoms with Crippen molar-refractivity contribution in [1.82, 2.24) is 9.55 Å². The number of amides is 1. The van der Waals surface area contributed by atoms with Gasteiger partial charge in [0.05, 0.1) is 29.5 Å². The zero-order valence-electron chi connectivity index (χ0n) is 20.1. The minimum absolute atomic E-state index is 0.0947. The number of aromatic amines is 1.